The van der Waals surface area contributed by atoms with Gasteiger partial charge in [0.1, 0.15) is 0 Å². The third kappa shape index (κ3) is 3.42. The Bertz CT molecular complexity index is 564. The zero-order valence-corrected chi connectivity index (χ0v) is 13.3. The average molecular weight is 324 g/mol. The molecule has 0 spiro atoms. The Morgan fingerprint density at radius 3 is 2.82 bits per heavy atom. The highest BCUT2D eigenvalue weighted by Gasteiger charge is 2.31. The Balaban J connectivity index is 0.00000176. The van der Waals surface area contributed by atoms with E-state index in [0.29, 0.717) is 13.0 Å². The van der Waals surface area contributed by atoms with Crippen LogP contribution in [0.4, 0.5) is 0 Å². The zero-order chi connectivity index (χ0) is 14.8. The number of halogens is 1. The molecule has 22 heavy (non-hydrogen) atoms. The monoisotopic (exact) mass is 323 g/mol. The lowest BCUT2D eigenvalue weighted by atomic mass is 10.1. The number of hydrogen-bond acceptors (Lipinski definition) is 3. The minimum absolute atomic E-state index is 0. The highest BCUT2D eigenvalue weighted by molar-refractivity contribution is 5.85. The fraction of sp³-hybridized carbons (Fsp3) is 0.500. The molecule has 0 saturated carbocycles. The number of rotatable bonds is 3. The molecule has 0 unspecified atom stereocenters. The van der Waals surface area contributed by atoms with Crippen molar-refractivity contribution in [3.8, 4) is 0 Å². The van der Waals surface area contributed by atoms with E-state index in [1.165, 1.54) is 5.56 Å². The number of likely N-dealkylation sites (tertiary alicyclic amines) is 1. The van der Waals surface area contributed by atoms with Gasteiger partial charge in [0, 0.05) is 13.0 Å². The summed E-state index contributed by atoms with van der Waals surface area (Å²) in [6.45, 7) is 0.835. The van der Waals surface area contributed by atoms with E-state index in [0.717, 1.165) is 24.8 Å². The molecule has 0 aromatic heterocycles. The SMILES string of the molecule is Cl.N[C@H]1c2ccccc2C[C@@H]1NC(=O)CN1CCCCC1=O. The molecule has 6 heteroatoms. The molecule has 1 aliphatic heterocycles. The largest absolute Gasteiger partial charge is 0.350 e. The van der Waals surface area contributed by atoms with E-state index >= 15 is 0 Å². The molecule has 2 amide bonds. The minimum Gasteiger partial charge on any atom is -0.350 e. The zero-order valence-electron chi connectivity index (χ0n) is 12.5. The lowest BCUT2D eigenvalue weighted by Gasteiger charge is -2.27. The van der Waals surface area contributed by atoms with Crippen LogP contribution in [-0.2, 0) is 16.0 Å². The first kappa shape index (κ1) is 16.8. The number of amides is 2. The molecular weight excluding hydrogens is 302 g/mol. The summed E-state index contributed by atoms with van der Waals surface area (Å²) in [5, 5.41) is 2.99. The number of fused-ring (bicyclic) bond motifs is 1. The van der Waals surface area contributed by atoms with Gasteiger partial charge < -0.3 is 16.0 Å². The second-order valence-electron chi connectivity index (χ2n) is 5.88. The van der Waals surface area contributed by atoms with Gasteiger partial charge in [0.25, 0.3) is 0 Å². The fourth-order valence-corrected chi connectivity index (χ4v) is 3.22. The van der Waals surface area contributed by atoms with Crippen molar-refractivity contribution in [2.75, 3.05) is 13.1 Å². The maximum Gasteiger partial charge on any atom is 0.239 e. The van der Waals surface area contributed by atoms with E-state index in [9.17, 15) is 9.59 Å². The number of carbonyl (C=O) groups excluding carboxylic acids is 2. The van der Waals surface area contributed by atoms with Crippen LogP contribution < -0.4 is 11.1 Å². The highest BCUT2D eigenvalue weighted by Crippen LogP contribution is 2.29. The molecule has 2 atom stereocenters. The number of piperidine rings is 1. The molecule has 3 rings (SSSR count). The van der Waals surface area contributed by atoms with Gasteiger partial charge in [-0.1, -0.05) is 24.3 Å². The van der Waals surface area contributed by atoms with Crippen LogP contribution >= 0.6 is 12.4 Å². The van der Waals surface area contributed by atoms with E-state index < -0.39 is 0 Å². The number of carbonyl (C=O) groups is 2. The molecule has 3 N–H and O–H groups in total. The number of nitrogens with zero attached hydrogens (tertiary/aromatic N) is 1. The molecule has 1 heterocycles. The highest BCUT2D eigenvalue weighted by atomic mass is 35.5. The van der Waals surface area contributed by atoms with E-state index in [1.54, 1.807) is 4.90 Å². The first-order valence-corrected chi connectivity index (χ1v) is 7.55. The molecule has 120 valence electrons. The number of nitrogens with two attached hydrogens (primary N) is 1. The fourth-order valence-electron chi connectivity index (χ4n) is 3.22. The summed E-state index contributed by atoms with van der Waals surface area (Å²) in [5.41, 5.74) is 8.51. The molecule has 0 bridgehead atoms. The van der Waals surface area contributed by atoms with Crippen molar-refractivity contribution in [1.29, 1.82) is 0 Å². The normalized spacial score (nSPS) is 23.7. The Morgan fingerprint density at radius 1 is 1.32 bits per heavy atom. The van der Waals surface area contributed by atoms with Crippen LogP contribution in [0.1, 0.15) is 36.4 Å². The van der Waals surface area contributed by atoms with Crippen molar-refractivity contribution in [3.05, 3.63) is 35.4 Å². The van der Waals surface area contributed by atoms with Gasteiger partial charge >= 0.3 is 0 Å². The van der Waals surface area contributed by atoms with E-state index in [-0.39, 0.29) is 42.8 Å². The summed E-state index contributed by atoms with van der Waals surface area (Å²) in [4.78, 5) is 25.5. The van der Waals surface area contributed by atoms with Crippen LogP contribution in [-0.4, -0.2) is 35.8 Å². The smallest absolute Gasteiger partial charge is 0.239 e. The standard InChI is InChI=1S/C16H21N3O2.ClH/c17-16-12-6-2-1-5-11(12)9-13(16)18-14(20)10-19-8-4-3-7-15(19)21;/h1-2,5-6,13,16H,3-4,7-10,17H2,(H,18,20);1H/t13-,16-;/m0./s1. The second kappa shape index (κ2) is 7.11. The molecule has 1 fully saturated rings. The van der Waals surface area contributed by atoms with Crippen molar-refractivity contribution in [1.82, 2.24) is 10.2 Å². The van der Waals surface area contributed by atoms with Crippen LogP contribution in [0.5, 0.6) is 0 Å². The van der Waals surface area contributed by atoms with Crippen LogP contribution in [0.2, 0.25) is 0 Å². The maximum absolute atomic E-state index is 12.1. The Labute approximate surface area is 136 Å². The summed E-state index contributed by atoms with van der Waals surface area (Å²) >= 11 is 0. The van der Waals surface area contributed by atoms with E-state index in [2.05, 4.69) is 11.4 Å². The van der Waals surface area contributed by atoms with Gasteiger partial charge in [-0.15, -0.1) is 12.4 Å². The van der Waals surface area contributed by atoms with Gasteiger partial charge in [0.2, 0.25) is 11.8 Å². The second-order valence-corrected chi connectivity index (χ2v) is 5.88. The van der Waals surface area contributed by atoms with Crippen LogP contribution in [0.15, 0.2) is 24.3 Å². The maximum atomic E-state index is 12.1. The third-order valence-electron chi connectivity index (χ3n) is 4.39. The van der Waals surface area contributed by atoms with Gasteiger partial charge in [0.15, 0.2) is 0 Å². The van der Waals surface area contributed by atoms with Gasteiger partial charge in [-0.3, -0.25) is 9.59 Å². The summed E-state index contributed by atoms with van der Waals surface area (Å²) in [5.74, 6) is -0.0334. The lowest BCUT2D eigenvalue weighted by Crippen LogP contribution is -2.47. The topological polar surface area (TPSA) is 75.4 Å². The van der Waals surface area contributed by atoms with Crippen molar-refractivity contribution < 1.29 is 9.59 Å². The predicted molar refractivity (Wildman–Crippen MR) is 86.7 cm³/mol. The van der Waals surface area contributed by atoms with E-state index in [1.807, 2.05) is 18.2 Å². The Hall–Kier alpha value is -1.59. The van der Waals surface area contributed by atoms with Gasteiger partial charge in [-0.25, -0.2) is 0 Å². The molecule has 1 aromatic carbocycles. The average Bonchev–Trinajstić information content (AvgIpc) is 2.78. The molecule has 2 aliphatic rings. The number of nitrogens with one attached hydrogen (secondary N) is 1. The van der Waals surface area contributed by atoms with Crippen LogP contribution in [0, 0.1) is 0 Å². The van der Waals surface area contributed by atoms with Crippen LogP contribution in [0.3, 0.4) is 0 Å². The molecular formula is C16H22ClN3O2. The summed E-state index contributed by atoms with van der Waals surface area (Å²) in [7, 11) is 0. The number of benzene rings is 1. The predicted octanol–water partition coefficient (Wildman–Crippen LogP) is 1.16. The quantitative estimate of drug-likeness (QED) is 0.876. The van der Waals surface area contributed by atoms with Crippen molar-refractivity contribution in [2.45, 2.75) is 37.8 Å². The summed E-state index contributed by atoms with van der Waals surface area (Å²) in [6, 6.07) is 7.78. The van der Waals surface area contributed by atoms with Gasteiger partial charge in [0.05, 0.1) is 18.6 Å². The first-order chi connectivity index (χ1) is 10.1. The van der Waals surface area contributed by atoms with Crippen molar-refractivity contribution in [3.63, 3.8) is 0 Å². The molecule has 1 saturated heterocycles. The molecule has 5 nitrogen and oxygen atoms in total. The summed E-state index contributed by atoms with van der Waals surface area (Å²) < 4.78 is 0. The molecule has 1 aliphatic carbocycles. The summed E-state index contributed by atoms with van der Waals surface area (Å²) in [6.07, 6.45) is 3.23. The lowest BCUT2D eigenvalue weighted by molar-refractivity contribution is -0.138. The van der Waals surface area contributed by atoms with Crippen molar-refractivity contribution in [2.24, 2.45) is 5.73 Å². The molecule has 1 aromatic rings. The first-order valence-electron chi connectivity index (χ1n) is 7.55. The third-order valence-corrected chi connectivity index (χ3v) is 4.39. The molecule has 0 radical (unpaired) electrons. The van der Waals surface area contributed by atoms with Gasteiger partial charge in [-0.2, -0.15) is 0 Å². The van der Waals surface area contributed by atoms with Crippen molar-refractivity contribution >= 4 is 24.2 Å². The van der Waals surface area contributed by atoms with Gasteiger partial charge in [-0.05, 0) is 30.4 Å². The van der Waals surface area contributed by atoms with E-state index in [4.69, 9.17) is 5.73 Å². The number of hydrogen-bond donors (Lipinski definition) is 2. The minimum atomic E-state index is -0.165. The Morgan fingerprint density at radius 2 is 2.09 bits per heavy atom. The Kier molecular flexibility index (Phi) is 5.42. The van der Waals surface area contributed by atoms with Crippen LogP contribution in [0.25, 0.3) is 0 Å².